The highest BCUT2D eigenvalue weighted by Gasteiger charge is 1.96. The number of Topliss-reactive ketones (excluding diaryl/α,β-unsaturated/α-hetero) is 1. The summed E-state index contributed by atoms with van der Waals surface area (Å²) in [6.07, 6.45) is 11.8. The molecule has 0 atom stereocenters. The lowest BCUT2D eigenvalue weighted by atomic mass is 10.1. The van der Waals surface area contributed by atoms with Crippen molar-refractivity contribution in [2.24, 2.45) is 0 Å². The number of hydrogen-bond donors (Lipinski definition) is 1. The molecule has 0 fully saturated rings. The van der Waals surface area contributed by atoms with E-state index >= 15 is 0 Å². The number of hydrogen-bond acceptors (Lipinski definition) is 2. The van der Waals surface area contributed by atoms with Gasteiger partial charge in [-0.15, -0.1) is 0 Å². The van der Waals surface area contributed by atoms with Crippen LogP contribution in [0.3, 0.4) is 0 Å². The van der Waals surface area contributed by atoms with E-state index in [-0.39, 0.29) is 6.61 Å². The summed E-state index contributed by atoms with van der Waals surface area (Å²) in [5.41, 5.74) is 0. The SMILES string of the molecule is CCCC(=O)CC/C=C/C=C/C#CC#CCCCO. The molecule has 0 aromatic rings. The van der Waals surface area contributed by atoms with E-state index in [1.807, 2.05) is 25.2 Å². The van der Waals surface area contributed by atoms with Crippen LogP contribution >= 0.6 is 0 Å². The Hall–Kier alpha value is -1.77. The Morgan fingerprint density at radius 1 is 1.21 bits per heavy atom. The van der Waals surface area contributed by atoms with Crippen LogP contribution in [0.15, 0.2) is 24.3 Å². The first-order valence-corrected chi connectivity index (χ1v) is 6.74. The Morgan fingerprint density at radius 2 is 2.05 bits per heavy atom. The van der Waals surface area contributed by atoms with Gasteiger partial charge < -0.3 is 5.11 Å². The largest absolute Gasteiger partial charge is 0.396 e. The summed E-state index contributed by atoms with van der Waals surface area (Å²) in [6, 6.07) is 0. The smallest absolute Gasteiger partial charge is 0.133 e. The van der Waals surface area contributed by atoms with E-state index in [9.17, 15) is 4.79 Å². The topological polar surface area (TPSA) is 37.3 Å². The fraction of sp³-hybridized carbons (Fsp3) is 0.471. The number of aliphatic hydroxyl groups is 1. The van der Waals surface area contributed by atoms with E-state index in [0.29, 0.717) is 31.5 Å². The minimum Gasteiger partial charge on any atom is -0.396 e. The van der Waals surface area contributed by atoms with Crippen molar-refractivity contribution in [2.75, 3.05) is 6.61 Å². The summed E-state index contributed by atoms with van der Waals surface area (Å²) in [6.45, 7) is 2.19. The molecule has 0 unspecified atom stereocenters. The average molecular weight is 258 g/mol. The highest BCUT2D eigenvalue weighted by Crippen LogP contribution is 1.98. The maximum absolute atomic E-state index is 11.2. The summed E-state index contributed by atoms with van der Waals surface area (Å²) in [7, 11) is 0. The minimum atomic E-state index is 0.174. The zero-order chi connectivity index (χ0) is 14.2. The number of ketones is 1. The number of carbonyl (C=O) groups excluding carboxylic acids is 1. The van der Waals surface area contributed by atoms with E-state index in [1.165, 1.54) is 0 Å². The lowest BCUT2D eigenvalue weighted by molar-refractivity contribution is -0.119. The van der Waals surface area contributed by atoms with Crippen molar-refractivity contribution in [1.29, 1.82) is 0 Å². The van der Waals surface area contributed by atoms with Crippen molar-refractivity contribution in [3.8, 4) is 23.7 Å². The molecular weight excluding hydrogens is 236 g/mol. The highest BCUT2D eigenvalue weighted by atomic mass is 16.2. The fourth-order valence-corrected chi connectivity index (χ4v) is 1.28. The number of rotatable bonds is 8. The number of unbranched alkanes of at least 4 members (excludes halogenated alkanes) is 1. The molecular formula is C17H22O2. The van der Waals surface area contributed by atoms with Crippen LogP contribution < -0.4 is 0 Å². The second-order valence-corrected chi connectivity index (χ2v) is 4.01. The van der Waals surface area contributed by atoms with Gasteiger partial charge in [-0.2, -0.15) is 0 Å². The van der Waals surface area contributed by atoms with Gasteiger partial charge in [0, 0.05) is 25.9 Å². The van der Waals surface area contributed by atoms with Gasteiger partial charge >= 0.3 is 0 Å². The summed E-state index contributed by atoms with van der Waals surface area (Å²) in [5, 5.41) is 8.53. The van der Waals surface area contributed by atoms with Gasteiger partial charge in [0.15, 0.2) is 0 Å². The second-order valence-electron chi connectivity index (χ2n) is 4.01. The molecule has 102 valence electrons. The molecule has 2 nitrogen and oxygen atoms in total. The zero-order valence-electron chi connectivity index (χ0n) is 11.6. The van der Waals surface area contributed by atoms with Crippen LogP contribution in [0.1, 0.15) is 45.4 Å². The van der Waals surface area contributed by atoms with Crippen LogP contribution in [-0.2, 0) is 4.79 Å². The van der Waals surface area contributed by atoms with Crippen LogP contribution in [0.2, 0.25) is 0 Å². The first kappa shape index (κ1) is 17.2. The monoisotopic (exact) mass is 258 g/mol. The molecule has 0 heterocycles. The molecule has 0 aliphatic heterocycles. The third-order valence-electron chi connectivity index (χ3n) is 2.23. The molecule has 0 radical (unpaired) electrons. The van der Waals surface area contributed by atoms with Crippen molar-refractivity contribution in [3.05, 3.63) is 24.3 Å². The van der Waals surface area contributed by atoms with Gasteiger partial charge in [-0.1, -0.05) is 37.0 Å². The second kappa shape index (κ2) is 14.3. The average Bonchev–Trinajstić information content (AvgIpc) is 2.40. The maximum atomic E-state index is 11.2. The van der Waals surface area contributed by atoms with E-state index < -0.39 is 0 Å². The molecule has 0 aliphatic rings. The standard InChI is InChI=1S/C17H22O2/c1-2-14-17(19)15-12-10-8-6-4-3-5-7-9-11-13-16-18/h4,6,8,10,18H,2,11-16H2,1H3/b6-4+,10-8+. The normalized spacial score (nSPS) is 10.0. The summed E-state index contributed by atoms with van der Waals surface area (Å²) < 4.78 is 0. The van der Waals surface area contributed by atoms with Crippen LogP contribution in [0.25, 0.3) is 0 Å². The van der Waals surface area contributed by atoms with Crippen molar-refractivity contribution in [3.63, 3.8) is 0 Å². The van der Waals surface area contributed by atoms with Gasteiger partial charge in [0.2, 0.25) is 0 Å². The molecule has 19 heavy (non-hydrogen) atoms. The molecule has 0 aromatic heterocycles. The van der Waals surface area contributed by atoms with Crippen LogP contribution in [0.4, 0.5) is 0 Å². The van der Waals surface area contributed by atoms with Gasteiger partial charge in [0.05, 0.1) is 0 Å². The summed E-state index contributed by atoms with van der Waals surface area (Å²) in [4.78, 5) is 11.2. The van der Waals surface area contributed by atoms with Crippen molar-refractivity contribution < 1.29 is 9.90 Å². The maximum Gasteiger partial charge on any atom is 0.133 e. The molecule has 0 rings (SSSR count). The Bertz CT molecular complexity index is 408. The van der Waals surface area contributed by atoms with Gasteiger partial charge in [0.1, 0.15) is 5.78 Å². The molecule has 0 aliphatic carbocycles. The van der Waals surface area contributed by atoms with Crippen molar-refractivity contribution in [2.45, 2.75) is 45.4 Å². The lowest BCUT2D eigenvalue weighted by Gasteiger charge is -1.93. The van der Waals surface area contributed by atoms with Gasteiger partial charge in [-0.25, -0.2) is 0 Å². The highest BCUT2D eigenvalue weighted by molar-refractivity contribution is 5.78. The summed E-state index contributed by atoms with van der Waals surface area (Å²) >= 11 is 0. The molecule has 0 bridgehead atoms. The lowest BCUT2D eigenvalue weighted by Crippen LogP contribution is -1.94. The molecule has 0 saturated carbocycles. The predicted octanol–water partition coefficient (Wildman–Crippen LogP) is 3.03. The van der Waals surface area contributed by atoms with Gasteiger partial charge in [-0.3, -0.25) is 4.79 Å². The van der Waals surface area contributed by atoms with Crippen LogP contribution in [-0.4, -0.2) is 17.5 Å². The third-order valence-corrected chi connectivity index (χ3v) is 2.23. The Kier molecular flexibility index (Phi) is 13.0. The van der Waals surface area contributed by atoms with E-state index in [1.54, 1.807) is 6.08 Å². The molecule has 0 spiro atoms. The Labute approximate surface area is 116 Å². The van der Waals surface area contributed by atoms with E-state index in [2.05, 4.69) is 23.7 Å². The predicted molar refractivity (Wildman–Crippen MR) is 79.3 cm³/mol. The van der Waals surface area contributed by atoms with Crippen molar-refractivity contribution >= 4 is 5.78 Å². The molecule has 1 N–H and O–H groups in total. The molecule has 0 saturated heterocycles. The fourth-order valence-electron chi connectivity index (χ4n) is 1.28. The van der Waals surface area contributed by atoms with Crippen LogP contribution in [0, 0.1) is 23.7 Å². The Morgan fingerprint density at radius 3 is 2.79 bits per heavy atom. The molecule has 2 heteroatoms. The summed E-state index contributed by atoms with van der Waals surface area (Å²) in [5.74, 6) is 11.4. The first-order chi connectivity index (χ1) is 9.31. The van der Waals surface area contributed by atoms with E-state index in [0.717, 1.165) is 12.8 Å². The van der Waals surface area contributed by atoms with E-state index in [4.69, 9.17) is 5.11 Å². The number of allylic oxidation sites excluding steroid dienone is 4. The molecule has 0 aromatic carbocycles. The minimum absolute atomic E-state index is 0.174. The first-order valence-electron chi connectivity index (χ1n) is 6.74. The number of aliphatic hydroxyl groups excluding tert-OH is 1. The third kappa shape index (κ3) is 14.2. The zero-order valence-corrected chi connectivity index (χ0v) is 11.6. The van der Waals surface area contributed by atoms with Gasteiger partial charge in [-0.05, 0) is 37.2 Å². The van der Waals surface area contributed by atoms with Crippen molar-refractivity contribution in [1.82, 2.24) is 0 Å². The quantitative estimate of drug-likeness (QED) is 0.413. The van der Waals surface area contributed by atoms with Crippen LogP contribution in [0.5, 0.6) is 0 Å². The van der Waals surface area contributed by atoms with Gasteiger partial charge in [0.25, 0.3) is 0 Å². The molecule has 0 amide bonds. The Balaban J connectivity index is 3.69. The number of carbonyl (C=O) groups is 1.